The Balaban J connectivity index is 1.86. The van der Waals surface area contributed by atoms with Gasteiger partial charge in [0.2, 0.25) is 5.78 Å². The molecule has 0 aliphatic carbocycles. The first-order valence-corrected chi connectivity index (χ1v) is 7.33. The number of ketones is 1. The fourth-order valence-electron chi connectivity index (χ4n) is 2.42. The van der Waals surface area contributed by atoms with E-state index in [0.717, 1.165) is 5.76 Å². The Morgan fingerprint density at radius 3 is 2.71 bits per heavy atom. The van der Waals surface area contributed by atoms with Gasteiger partial charge in [0, 0.05) is 12.1 Å². The molecule has 0 atom stereocenters. The zero-order valence-corrected chi connectivity index (χ0v) is 13.5. The Morgan fingerprint density at radius 2 is 2.04 bits per heavy atom. The molecule has 6 heteroatoms. The molecule has 0 unspecified atom stereocenters. The van der Waals surface area contributed by atoms with Crippen LogP contribution in [0, 0.1) is 13.8 Å². The van der Waals surface area contributed by atoms with E-state index in [4.69, 9.17) is 13.9 Å². The minimum absolute atomic E-state index is 0.188. The first-order valence-electron chi connectivity index (χ1n) is 7.33. The summed E-state index contributed by atoms with van der Waals surface area (Å²) >= 11 is 0. The molecule has 1 aliphatic rings. The third-order valence-corrected chi connectivity index (χ3v) is 3.56. The Kier molecular flexibility index (Phi) is 4.12. The van der Waals surface area contributed by atoms with Crippen molar-refractivity contribution in [2.45, 2.75) is 13.8 Å². The average Bonchev–Trinajstić information content (AvgIpc) is 3.09. The third-order valence-electron chi connectivity index (χ3n) is 3.56. The number of esters is 1. The lowest BCUT2D eigenvalue weighted by Gasteiger charge is -2.08. The van der Waals surface area contributed by atoms with Crippen LogP contribution in [0.25, 0.3) is 6.08 Å². The molecule has 6 nitrogen and oxygen atoms in total. The Hall–Kier alpha value is -3.02. The maximum Gasteiger partial charge on any atom is 0.343 e. The van der Waals surface area contributed by atoms with Crippen molar-refractivity contribution >= 4 is 17.8 Å². The van der Waals surface area contributed by atoms with Gasteiger partial charge >= 0.3 is 5.97 Å². The molecule has 24 heavy (non-hydrogen) atoms. The predicted molar refractivity (Wildman–Crippen MR) is 85.1 cm³/mol. The number of fused-ring (bicyclic) bond motifs is 1. The van der Waals surface area contributed by atoms with Crippen molar-refractivity contribution in [3.63, 3.8) is 0 Å². The first-order chi connectivity index (χ1) is 11.5. The van der Waals surface area contributed by atoms with E-state index in [2.05, 4.69) is 4.74 Å². The predicted octanol–water partition coefficient (Wildman–Crippen LogP) is 3.06. The second-order valence-corrected chi connectivity index (χ2v) is 5.37. The van der Waals surface area contributed by atoms with Gasteiger partial charge in [-0.15, -0.1) is 0 Å². The van der Waals surface area contributed by atoms with E-state index in [9.17, 15) is 9.59 Å². The first kappa shape index (κ1) is 15.9. The molecule has 0 spiro atoms. The SMILES string of the molecule is COC(=O)COc1cc(C)c2c(c1)O/C(=C\c1ccc(C)o1)C2=O. The van der Waals surface area contributed by atoms with Gasteiger partial charge < -0.3 is 18.6 Å². The van der Waals surface area contributed by atoms with Gasteiger partial charge in [0.25, 0.3) is 0 Å². The second-order valence-electron chi connectivity index (χ2n) is 5.37. The maximum absolute atomic E-state index is 12.5. The highest BCUT2D eigenvalue weighted by Gasteiger charge is 2.30. The minimum Gasteiger partial charge on any atom is -0.482 e. The fraction of sp³-hybridized carbons (Fsp3) is 0.222. The lowest BCUT2D eigenvalue weighted by atomic mass is 10.0. The van der Waals surface area contributed by atoms with E-state index in [1.807, 2.05) is 13.0 Å². The number of hydrogen-bond acceptors (Lipinski definition) is 6. The van der Waals surface area contributed by atoms with Gasteiger partial charge in [0.05, 0.1) is 12.7 Å². The van der Waals surface area contributed by atoms with E-state index in [0.29, 0.717) is 28.4 Å². The van der Waals surface area contributed by atoms with Crippen LogP contribution in [-0.2, 0) is 9.53 Å². The maximum atomic E-state index is 12.5. The average molecular weight is 328 g/mol. The molecule has 2 aromatic rings. The fourth-order valence-corrected chi connectivity index (χ4v) is 2.42. The van der Waals surface area contributed by atoms with Crippen molar-refractivity contribution < 1.29 is 28.2 Å². The van der Waals surface area contributed by atoms with Gasteiger partial charge in [-0.1, -0.05) is 0 Å². The Labute approximate surface area is 138 Å². The van der Waals surface area contributed by atoms with Gasteiger partial charge in [-0.05, 0) is 37.6 Å². The van der Waals surface area contributed by atoms with Crippen molar-refractivity contribution in [2.24, 2.45) is 0 Å². The summed E-state index contributed by atoms with van der Waals surface area (Å²) in [6.07, 6.45) is 1.56. The summed E-state index contributed by atoms with van der Waals surface area (Å²) in [5, 5.41) is 0. The summed E-state index contributed by atoms with van der Waals surface area (Å²) in [5.41, 5.74) is 1.19. The molecule has 0 amide bonds. The Bertz CT molecular complexity index is 843. The van der Waals surface area contributed by atoms with Crippen LogP contribution in [0.1, 0.15) is 27.4 Å². The summed E-state index contributed by atoms with van der Waals surface area (Å²) in [5.74, 6) is 1.61. The summed E-state index contributed by atoms with van der Waals surface area (Å²) in [6.45, 7) is 3.39. The zero-order valence-electron chi connectivity index (χ0n) is 13.5. The summed E-state index contributed by atoms with van der Waals surface area (Å²) in [7, 11) is 1.29. The standard InChI is InChI=1S/C18H16O6/c1-10-6-13(22-9-16(19)21-3)8-14-17(10)18(20)15(24-14)7-12-5-4-11(2)23-12/h4-8H,9H2,1-3H3/b15-7-. The number of furan rings is 1. The van der Waals surface area contributed by atoms with Crippen molar-refractivity contribution in [1.29, 1.82) is 0 Å². The summed E-state index contributed by atoms with van der Waals surface area (Å²) < 4.78 is 21.0. The van der Waals surface area contributed by atoms with Gasteiger partial charge in [-0.3, -0.25) is 4.79 Å². The number of benzene rings is 1. The van der Waals surface area contributed by atoms with Crippen LogP contribution in [-0.4, -0.2) is 25.5 Å². The molecule has 1 aromatic heterocycles. The van der Waals surface area contributed by atoms with Crippen LogP contribution >= 0.6 is 0 Å². The molecular weight excluding hydrogens is 312 g/mol. The lowest BCUT2D eigenvalue weighted by Crippen LogP contribution is -2.12. The molecule has 0 fully saturated rings. The third kappa shape index (κ3) is 3.03. The van der Waals surface area contributed by atoms with Crippen LogP contribution in [0.2, 0.25) is 0 Å². The number of carbonyl (C=O) groups excluding carboxylic acids is 2. The number of methoxy groups -OCH3 is 1. The number of Topliss-reactive ketones (excluding diaryl/α,β-unsaturated/α-hetero) is 1. The van der Waals surface area contributed by atoms with E-state index in [-0.39, 0.29) is 18.1 Å². The highest BCUT2D eigenvalue weighted by molar-refractivity contribution is 6.15. The van der Waals surface area contributed by atoms with Crippen molar-refractivity contribution in [3.8, 4) is 11.5 Å². The van der Waals surface area contributed by atoms with Crippen LogP contribution in [0.4, 0.5) is 0 Å². The molecule has 124 valence electrons. The van der Waals surface area contributed by atoms with Crippen molar-refractivity contribution in [2.75, 3.05) is 13.7 Å². The molecule has 0 saturated carbocycles. The molecule has 1 aliphatic heterocycles. The summed E-state index contributed by atoms with van der Waals surface area (Å²) in [4.78, 5) is 23.7. The molecular formula is C18H16O6. The molecule has 1 aromatic carbocycles. The van der Waals surface area contributed by atoms with Crippen LogP contribution < -0.4 is 9.47 Å². The number of carbonyl (C=O) groups is 2. The van der Waals surface area contributed by atoms with E-state index < -0.39 is 5.97 Å². The number of hydrogen-bond donors (Lipinski definition) is 0. The Morgan fingerprint density at radius 1 is 1.25 bits per heavy atom. The van der Waals surface area contributed by atoms with Crippen LogP contribution in [0.15, 0.2) is 34.4 Å². The van der Waals surface area contributed by atoms with Gasteiger partial charge in [-0.25, -0.2) is 4.79 Å². The lowest BCUT2D eigenvalue weighted by molar-refractivity contribution is -0.142. The van der Waals surface area contributed by atoms with Crippen LogP contribution in [0.5, 0.6) is 11.5 Å². The minimum atomic E-state index is -0.487. The number of rotatable bonds is 4. The monoisotopic (exact) mass is 328 g/mol. The number of allylic oxidation sites excluding steroid dienone is 1. The topological polar surface area (TPSA) is 75.0 Å². The highest BCUT2D eigenvalue weighted by Crippen LogP contribution is 2.37. The molecule has 0 saturated heterocycles. The quantitative estimate of drug-likeness (QED) is 0.634. The van der Waals surface area contributed by atoms with E-state index in [1.54, 1.807) is 31.2 Å². The normalized spacial score (nSPS) is 14.5. The molecule has 2 heterocycles. The largest absolute Gasteiger partial charge is 0.482 e. The zero-order chi connectivity index (χ0) is 17.3. The number of aryl methyl sites for hydroxylation is 2. The smallest absolute Gasteiger partial charge is 0.343 e. The molecule has 0 bridgehead atoms. The van der Waals surface area contributed by atoms with Gasteiger partial charge in [0.1, 0.15) is 23.0 Å². The van der Waals surface area contributed by atoms with E-state index in [1.165, 1.54) is 7.11 Å². The summed E-state index contributed by atoms with van der Waals surface area (Å²) in [6, 6.07) is 6.84. The van der Waals surface area contributed by atoms with Gasteiger partial charge in [-0.2, -0.15) is 0 Å². The highest BCUT2D eigenvalue weighted by atomic mass is 16.6. The number of ether oxygens (including phenoxy) is 3. The second kappa shape index (κ2) is 6.23. The van der Waals surface area contributed by atoms with Crippen LogP contribution in [0.3, 0.4) is 0 Å². The van der Waals surface area contributed by atoms with Crippen molar-refractivity contribution in [1.82, 2.24) is 0 Å². The van der Waals surface area contributed by atoms with Crippen molar-refractivity contribution in [3.05, 3.63) is 52.7 Å². The molecule has 0 N–H and O–H groups in total. The molecule has 0 radical (unpaired) electrons. The van der Waals surface area contributed by atoms with Gasteiger partial charge in [0.15, 0.2) is 12.4 Å². The molecule has 3 rings (SSSR count). The van der Waals surface area contributed by atoms with E-state index >= 15 is 0 Å².